The van der Waals surface area contributed by atoms with Crippen molar-refractivity contribution in [3.05, 3.63) is 22.4 Å². The van der Waals surface area contributed by atoms with Crippen LogP contribution >= 0.6 is 11.3 Å². The predicted molar refractivity (Wildman–Crippen MR) is 54.9 cm³/mol. The third-order valence-electron chi connectivity index (χ3n) is 3.10. The summed E-state index contributed by atoms with van der Waals surface area (Å²) in [6.07, 6.45) is 0. The highest BCUT2D eigenvalue weighted by atomic mass is 32.1. The maximum atomic E-state index is 3.36. The quantitative estimate of drug-likeness (QED) is 0.760. The van der Waals surface area contributed by atoms with Crippen molar-refractivity contribution < 1.29 is 0 Å². The Labute approximate surface area is 82.6 Å². The SMILES string of the molecule is c1cc(CN2CC3(CNC3)C2)cs1. The summed E-state index contributed by atoms with van der Waals surface area (Å²) in [5, 5.41) is 7.78. The van der Waals surface area contributed by atoms with Crippen molar-refractivity contribution >= 4 is 11.3 Å². The van der Waals surface area contributed by atoms with Crippen LogP contribution in [0.3, 0.4) is 0 Å². The molecule has 2 aliphatic rings. The summed E-state index contributed by atoms with van der Waals surface area (Å²) >= 11 is 1.80. The van der Waals surface area contributed by atoms with Crippen molar-refractivity contribution in [1.29, 1.82) is 0 Å². The van der Waals surface area contributed by atoms with Crippen LogP contribution in [0.1, 0.15) is 5.56 Å². The van der Waals surface area contributed by atoms with Crippen LogP contribution < -0.4 is 5.32 Å². The first-order chi connectivity index (χ1) is 6.36. The fraction of sp³-hybridized carbons (Fsp3) is 0.600. The molecule has 0 saturated carbocycles. The molecule has 1 aromatic heterocycles. The van der Waals surface area contributed by atoms with Crippen molar-refractivity contribution in [2.45, 2.75) is 6.54 Å². The van der Waals surface area contributed by atoms with Gasteiger partial charge in [-0.3, -0.25) is 4.90 Å². The van der Waals surface area contributed by atoms with Crippen molar-refractivity contribution in [3.8, 4) is 0 Å². The van der Waals surface area contributed by atoms with Crippen LogP contribution in [0, 0.1) is 5.41 Å². The molecule has 0 amide bonds. The molecule has 0 radical (unpaired) electrons. The van der Waals surface area contributed by atoms with E-state index in [-0.39, 0.29) is 0 Å². The topological polar surface area (TPSA) is 15.3 Å². The van der Waals surface area contributed by atoms with Gasteiger partial charge in [-0.25, -0.2) is 0 Å². The molecule has 1 spiro atoms. The fourth-order valence-electron chi connectivity index (χ4n) is 2.36. The van der Waals surface area contributed by atoms with E-state index in [0.717, 1.165) is 6.54 Å². The molecule has 0 bridgehead atoms. The average Bonchev–Trinajstić information content (AvgIpc) is 2.43. The van der Waals surface area contributed by atoms with Crippen LogP contribution in [0.25, 0.3) is 0 Å². The number of likely N-dealkylation sites (tertiary alicyclic amines) is 1. The van der Waals surface area contributed by atoms with E-state index in [9.17, 15) is 0 Å². The first-order valence-electron chi connectivity index (χ1n) is 4.81. The first-order valence-corrected chi connectivity index (χ1v) is 5.75. The lowest BCUT2D eigenvalue weighted by Crippen LogP contribution is -2.70. The third-order valence-corrected chi connectivity index (χ3v) is 3.84. The molecule has 3 rings (SSSR count). The predicted octanol–water partition coefficient (Wildman–Crippen LogP) is 1.15. The second-order valence-electron chi connectivity index (χ2n) is 4.38. The summed E-state index contributed by atoms with van der Waals surface area (Å²) in [6, 6.07) is 2.23. The molecule has 13 heavy (non-hydrogen) atoms. The lowest BCUT2D eigenvalue weighted by Gasteiger charge is -2.56. The fourth-order valence-corrected chi connectivity index (χ4v) is 3.02. The third kappa shape index (κ3) is 1.31. The lowest BCUT2D eigenvalue weighted by molar-refractivity contribution is -0.0443. The molecular formula is C10H14N2S. The van der Waals surface area contributed by atoms with Crippen molar-refractivity contribution in [2.24, 2.45) is 5.41 Å². The van der Waals surface area contributed by atoms with E-state index >= 15 is 0 Å². The highest BCUT2D eigenvalue weighted by molar-refractivity contribution is 7.07. The van der Waals surface area contributed by atoms with Gasteiger partial charge in [0.25, 0.3) is 0 Å². The van der Waals surface area contributed by atoms with E-state index in [0.29, 0.717) is 5.41 Å². The van der Waals surface area contributed by atoms with Crippen LogP contribution in [0.2, 0.25) is 0 Å². The molecule has 0 atom stereocenters. The molecule has 0 unspecified atom stereocenters. The molecule has 1 N–H and O–H groups in total. The van der Waals surface area contributed by atoms with E-state index in [2.05, 4.69) is 27.0 Å². The van der Waals surface area contributed by atoms with Crippen molar-refractivity contribution in [1.82, 2.24) is 10.2 Å². The molecule has 0 aliphatic carbocycles. The number of thiophene rings is 1. The molecule has 2 nitrogen and oxygen atoms in total. The summed E-state index contributed by atoms with van der Waals surface area (Å²) in [5.41, 5.74) is 2.16. The Morgan fingerprint density at radius 2 is 2.31 bits per heavy atom. The Kier molecular flexibility index (Phi) is 1.72. The standard InChI is InChI=1S/C10H14N2S/c1-2-13-4-9(1)3-12-7-10(8-12)5-11-6-10/h1-2,4,11H,3,5-8H2. The van der Waals surface area contributed by atoms with Crippen LogP contribution in [0.5, 0.6) is 0 Å². The number of rotatable bonds is 2. The minimum absolute atomic E-state index is 0.677. The summed E-state index contributed by atoms with van der Waals surface area (Å²) < 4.78 is 0. The van der Waals surface area contributed by atoms with Gasteiger partial charge in [0.1, 0.15) is 0 Å². The normalized spacial score (nSPS) is 25.5. The Balaban J connectivity index is 1.54. The molecule has 70 valence electrons. The maximum Gasteiger partial charge on any atom is 0.0242 e. The highest BCUT2D eigenvalue weighted by Crippen LogP contribution is 2.34. The van der Waals surface area contributed by atoms with Crippen LogP contribution in [0.15, 0.2) is 16.8 Å². The zero-order valence-corrected chi connectivity index (χ0v) is 8.44. The second kappa shape index (κ2) is 2.80. The van der Waals surface area contributed by atoms with Gasteiger partial charge >= 0.3 is 0 Å². The van der Waals surface area contributed by atoms with Crippen LogP contribution in [0.4, 0.5) is 0 Å². The van der Waals surface area contributed by atoms with Crippen molar-refractivity contribution in [2.75, 3.05) is 26.2 Å². The Morgan fingerprint density at radius 1 is 1.46 bits per heavy atom. The van der Waals surface area contributed by atoms with Gasteiger partial charge in [0, 0.05) is 38.1 Å². The minimum atomic E-state index is 0.677. The highest BCUT2D eigenvalue weighted by Gasteiger charge is 2.46. The molecule has 1 aromatic rings. The van der Waals surface area contributed by atoms with E-state index in [4.69, 9.17) is 0 Å². The number of hydrogen-bond acceptors (Lipinski definition) is 3. The van der Waals surface area contributed by atoms with Crippen LogP contribution in [-0.4, -0.2) is 31.1 Å². The summed E-state index contributed by atoms with van der Waals surface area (Å²) in [4.78, 5) is 2.54. The van der Waals surface area contributed by atoms with Gasteiger partial charge in [-0.2, -0.15) is 11.3 Å². The molecule has 3 heteroatoms. The molecule has 0 aromatic carbocycles. The summed E-state index contributed by atoms with van der Waals surface area (Å²) in [7, 11) is 0. The summed E-state index contributed by atoms with van der Waals surface area (Å²) in [6.45, 7) is 6.25. The smallest absolute Gasteiger partial charge is 0.0242 e. The van der Waals surface area contributed by atoms with Gasteiger partial charge in [-0.1, -0.05) is 0 Å². The first kappa shape index (κ1) is 7.97. The minimum Gasteiger partial charge on any atom is -0.315 e. The average molecular weight is 194 g/mol. The van der Waals surface area contributed by atoms with Gasteiger partial charge in [0.05, 0.1) is 0 Å². The van der Waals surface area contributed by atoms with Gasteiger partial charge in [0.15, 0.2) is 0 Å². The molecule has 2 saturated heterocycles. The molecular weight excluding hydrogens is 180 g/mol. The second-order valence-corrected chi connectivity index (χ2v) is 5.16. The lowest BCUT2D eigenvalue weighted by atomic mass is 9.74. The van der Waals surface area contributed by atoms with E-state index in [1.165, 1.54) is 31.7 Å². The number of nitrogens with one attached hydrogen (secondary N) is 1. The number of hydrogen-bond donors (Lipinski definition) is 1. The Morgan fingerprint density at radius 3 is 2.85 bits per heavy atom. The van der Waals surface area contributed by atoms with Gasteiger partial charge < -0.3 is 5.32 Å². The van der Waals surface area contributed by atoms with Crippen LogP contribution in [-0.2, 0) is 6.54 Å². The zero-order valence-electron chi connectivity index (χ0n) is 7.62. The maximum absolute atomic E-state index is 3.36. The van der Waals surface area contributed by atoms with E-state index in [1.807, 2.05) is 0 Å². The van der Waals surface area contributed by atoms with Crippen molar-refractivity contribution in [3.63, 3.8) is 0 Å². The molecule has 2 aliphatic heterocycles. The van der Waals surface area contributed by atoms with Gasteiger partial charge in [-0.05, 0) is 22.4 Å². The zero-order chi connectivity index (χ0) is 8.73. The Bertz CT molecular complexity index is 282. The summed E-state index contributed by atoms with van der Waals surface area (Å²) in [5.74, 6) is 0. The van der Waals surface area contributed by atoms with Gasteiger partial charge in [-0.15, -0.1) is 0 Å². The Hall–Kier alpha value is -0.380. The van der Waals surface area contributed by atoms with E-state index in [1.54, 1.807) is 11.3 Å². The largest absolute Gasteiger partial charge is 0.315 e. The molecule has 2 fully saturated rings. The molecule has 3 heterocycles. The van der Waals surface area contributed by atoms with Gasteiger partial charge in [0.2, 0.25) is 0 Å². The monoisotopic (exact) mass is 194 g/mol. The number of nitrogens with zero attached hydrogens (tertiary/aromatic N) is 1. The van der Waals surface area contributed by atoms with E-state index < -0.39 is 0 Å².